The maximum absolute atomic E-state index is 4.69. The summed E-state index contributed by atoms with van der Waals surface area (Å²) in [6, 6.07) is 18.4. The first-order valence-corrected chi connectivity index (χ1v) is 8.59. The zero-order valence-electron chi connectivity index (χ0n) is 15.3. The lowest BCUT2D eigenvalue weighted by Gasteiger charge is -2.29. The summed E-state index contributed by atoms with van der Waals surface area (Å²) in [5, 5.41) is 13.1. The van der Waals surface area contributed by atoms with Crippen molar-refractivity contribution in [2.75, 3.05) is 11.9 Å². The Balaban J connectivity index is 1.71. The third-order valence-corrected chi connectivity index (χ3v) is 4.12. The number of hydrazone groups is 1. The summed E-state index contributed by atoms with van der Waals surface area (Å²) in [6.07, 6.45) is 1.98. The molecular weight excluding hydrogens is 320 g/mol. The molecule has 132 valence electrons. The van der Waals surface area contributed by atoms with Gasteiger partial charge in [0.25, 0.3) is 0 Å². The number of allylic oxidation sites excluding steroid dienone is 1. The van der Waals surface area contributed by atoms with Crippen molar-refractivity contribution in [2.24, 2.45) is 5.10 Å². The number of hydrogen-bond acceptors (Lipinski definition) is 4. The molecule has 4 heteroatoms. The first-order chi connectivity index (χ1) is 12.5. The second kappa shape index (κ2) is 7.74. The summed E-state index contributed by atoms with van der Waals surface area (Å²) >= 11 is 0. The van der Waals surface area contributed by atoms with Gasteiger partial charge in [0.05, 0.1) is 18.0 Å². The van der Waals surface area contributed by atoms with Crippen LogP contribution >= 0.6 is 0 Å². The van der Waals surface area contributed by atoms with Gasteiger partial charge in [0, 0.05) is 11.4 Å². The van der Waals surface area contributed by atoms with Gasteiger partial charge in [0.2, 0.25) is 0 Å². The van der Waals surface area contributed by atoms with E-state index < -0.39 is 0 Å². The Morgan fingerprint density at radius 3 is 2.58 bits per heavy atom. The molecule has 0 radical (unpaired) electrons. The van der Waals surface area contributed by atoms with Crippen LogP contribution in [-0.2, 0) is 0 Å². The van der Waals surface area contributed by atoms with Crippen LogP contribution in [0.5, 0.6) is 0 Å². The average Bonchev–Trinajstić information content (AvgIpc) is 2.63. The molecule has 1 aliphatic heterocycles. The lowest BCUT2D eigenvalue weighted by Crippen LogP contribution is -2.33. The Hall–Kier alpha value is -3.27. The molecule has 0 aromatic heterocycles. The summed E-state index contributed by atoms with van der Waals surface area (Å²) in [5.74, 6) is 0.689. The number of benzene rings is 2. The normalized spacial score (nSPS) is 14.8. The lowest BCUT2D eigenvalue weighted by molar-refractivity contribution is 0.428. The summed E-state index contributed by atoms with van der Waals surface area (Å²) in [4.78, 5) is 0. The predicted octanol–water partition coefficient (Wildman–Crippen LogP) is 4.61. The second-order valence-corrected chi connectivity index (χ2v) is 6.32. The van der Waals surface area contributed by atoms with Crippen molar-refractivity contribution in [1.82, 2.24) is 10.3 Å². The molecule has 0 fully saturated rings. The fourth-order valence-corrected chi connectivity index (χ4v) is 2.76. The molecular formula is C22H24N4. The number of hydrogen-bond donors (Lipinski definition) is 2. The van der Waals surface area contributed by atoms with Gasteiger partial charge in [0.15, 0.2) is 0 Å². The van der Waals surface area contributed by atoms with E-state index in [-0.39, 0.29) is 0 Å². The molecule has 0 bridgehead atoms. The first-order valence-electron chi connectivity index (χ1n) is 8.59. The Morgan fingerprint density at radius 2 is 1.88 bits per heavy atom. The van der Waals surface area contributed by atoms with Crippen LogP contribution in [0, 0.1) is 6.92 Å². The predicted molar refractivity (Wildman–Crippen MR) is 110 cm³/mol. The van der Waals surface area contributed by atoms with Crippen molar-refractivity contribution in [3.05, 3.63) is 102 Å². The average molecular weight is 344 g/mol. The lowest BCUT2D eigenvalue weighted by atomic mass is 10.1. The van der Waals surface area contributed by atoms with Gasteiger partial charge < -0.3 is 10.6 Å². The molecule has 0 saturated heterocycles. The maximum Gasteiger partial charge on any atom is 0.125 e. The number of para-hydroxylation sites is 1. The maximum atomic E-state index is 4.69. The molecule has 26 heavy (non-hydrogen) atoms. The molecule has 3 rings (SSSR count). The Bertz CT molecular complexity index is 878. The van der Waals surface area contributed by atoms with Crippen LogP contribution in [-0.4, -0.2) is 17.3 Å². The highest BCUT2D eigenvalue weighted by Crippen LogP contribution is 2.20. The quantitative estimate of drug-likeness (QED) is 0.779. The highest BCUT2D eigenvalue weighted by Gasteiger charge is 2.17. The fraction of sp³-hybridized carbons (Fsp3) is 0.136. The first kappa shape index (κ1) is 17.5. The van der Waals surface area contributed by atoms with E-state index in [1.165, 1.54) is 5.56 Å². The second-order valence-electron chi connectivity index (χ2n) is 6.32. The number of rotatable bonds is 5. The van der Waals surface area contributed by atoms with Gasteiger partial charge in [-0.05, 0) is 37.6 Å². The molecule has 2 N–H and O–H groups in total. The molecule has 0 atom stereocenters. The van der Waals surface area contributed by atoms with Crippen LogP contribution in [0.3, 0.4) is 0 Å². The van der Waals surface area contributed by atoms with Crippen molar-refractivity contribution in [1.29, 1.82) is 0 Å². The Labute approximate surface area is 155 Å². The van der Waals surface area contributed by atoms with Crippen LogP contribution in [0.2, 0.25) is 0 Å². The smallest absolute Gasteiger partial charge is 0.125 e. The minimum atomic E-state index is 0.663. The topological polar surface area (TPSA) is 39.7 Å². The minimum absolute atomic E-state index is 0.663. The highest BCUT2D eigenvalue weighted by atomic mass is 15.5. The SMILES string of the molecule is C=C1C=C(CNc2ccccc2)NC(=C)N1/N=C(\C)c1cccc(C)c1. The largest absolute Gasteiger partial charge is 0.379 e. The van der Waals surface area contributed by atoms with E-state index in [0.29, 0.717) is 12.4 Å². The minimum Gasteiger partial charge on any atom is -0.379 e. The van der Waals surface area contributed by atoms with Gasteiger partial charge >= 0.3 is 0 Å². The van der Waals surface area contributed by atoms with E-state index in [1.807, 2.05) is 49.4 Å². The van der Waals surface area contributed by atoms with Crippen LogP contribution in [0.25, 0.3) is 0 Å². The van der Waals surface area contributed by atoms with E-state index in [1.54, 1.807) is 5.01 Å². The number of aryl methyl sites for hydroxylation is 1. The van der Waals surface area contributed by atoms with Crippen molar-refractivity contribution in [3.8, 4) is 0 Å². The van der Waals surface area contributed by atoms with Crippen molar-refractivity contribution < 1.29 is 0 Å². The molecule has 0 spiro atoms. The van der Waals surface area contributed by atoms with Crippen LogP contribution in [0.15, 0.2) is 96.1 Å². The number of nitrogens with zero attached hydrogens (tertiary/aromatic N) is 2. The van der Waals surface area contributed by atoms with Crippen molar-refractivity contribution in [2.45, 2.75) is 13.8 Å². The zero-order chi connectivity index (χ0) is 18.5. The molecule has 1 heterocycles. The van der Waals surface area contributed by atoms with E-state index >= 15 is 0 Å². The summed E-state index contributed by atoms with van der Waals surface area (Å²) in [6.45, 7) is 13.0. The van der Waals surface area contributed by atoms with E-state index in [9.17, 15) is 0 Å². The monoisotopic (exact) mass is 344 g/mol. The molecule has 2 aromatic rings. The number of nitrogens with one attached hydrogen (secondary N) is 2. The van der Waals surface area contributed by atoms with Gasteiger partial charge in [-0.3, -0.25) is 0 Å². The fourth-order valence-electron chi connectivity index (χ4n) is 2.76. The van der Waals surface area contributed by atoms with Crippen LogP contribution in [0.1, 0.15) is 18.1 Å². The van der Waals surface area contributed by atoms with Crippen molar-refractivity contribution >= 4 is 11.4 Å². The van der Waals surface area contributed by atoms with E-state index in [2.05, 4.69) is 54.0 Å². The van der Waals surface area contributed by atoms with Crippen LogP contribution < -0.4 is 10.6 Å². The van der Waals surface area contributed by atoms with Crippen LogP contribution in [0.4, 0.5) is 5.69 Å². The molecule has 1 aliphatic rings. The van der Waals surface area contributed by atoms with E-state index in [0.717, 1.165) is 28.4 Å². The third-order valence-electron chi connectivity index (χ3n) is 4.12. The van der Waals surface area contributed by atoms with Gasteiger partial charge in [-0.15, -0.1) is 0 Å². The molecule has 2 aromatic carbocycles. The summed E-state index contributed by atoms with van der Waals surface area (Å²) in [7, 11) is 0. The summed E-state index contributed by atoms with van der Waals surface area (Å²) in [5.41, 5.74) is 6.07. The highest BCUT2D eigenvalue weighted by molar-refractivity contribution is 5.98. The van der Waals surface area contributed by atoms with Gasteiger partial charge in [-0.2, -0.15) is 5.10 Å². The number of anilines is 1. The third kappa shape index (κ3) is 4.22. The molecule has 0 saturated carbocycles. The molecule has 0 amide bonds. The van der Waals surface area contributed by atoms with Gasteiger partial charge in [-0.1, -0.05) is 61.2 Å². The standard InChI is InChI=1S/C22H24N4/c1-16-9-8-10-20(13-16)18(3)25-26-17(2)14-22(24-19(26)4)15-23-21-11-6-5-7-12-21/h5-14,23-24H,2,4,15H2,1,3H3/b25-18+. The molecule has 0 aliphatic carbocycles. The Morgan fingerprint density at radius 1 is 1.12 bits per heavy atom. The zero-order valence-corrected chi connectivity index (χ0v) is 15.3. The summed E-state index contributed by atoms with van der Waals surface area (Å²) < 4.78 is 0. The molecule has 4 nitrogen and oxygen atoms in total. The molecule has 0 unspecified atom stereocenters. The van der Waals surface area contributed by atoms with Gasteiger partial charge in [0.1, 0.15) is 5.82 Å². The van der Waals surface area contributed by atoms with E-state index in [4.69, 9.17) is 0 Å². The van der Waals surface area contributed by atoms with Crippen molar-refractivity contribution in [3.63, 3.8) is 0 Å². The Kier molecular flexibility index (Phi) is 5.23. The van der Waals surface area contributed by atoms with Gasteiger partial charge in [-0.25, -0.2) is 5.01 Å².